The number of fused-ring (bicyclic) bond motifs is 1. The number of ether oxygens (including phenoxy) is 2. The third-order valence-electron chi connectivity index (χ3n) is 4.15. The molecule has 0 saturated carbocycles. The first-order valence-electron chi connectivity index (χ1n) is 8.34. The Hall–Kier alpha value is -2.57. The van der Waals surface area contributed by atoms with Gasteiger partial charge in [-0.2, -0.15) is 0 Å². The largest absolute Gasteiger partial charge is 0.497 e. The van der Waals surface area contributed by atoms with Gasteiger partial charge in [0.05, 0.1) is 19.9 Å². The maximum Gasteiger partial charge on any atom is 0.350 e. The van der Waals surface area contributed by atoms with Gasteiger partial charge in [0.1, 0.15) is 10.6 Å². The minimum Gasteiger partial charge on any atom is -0.497 e. The van der Waals surface area contributed by atoms with Gasteiger partial charge in [0, 0.05) is 22.7 Å². The first-order valence-corrected chi connectivity index (χ1v) is 9.16. The highest BCUT2D eigenvalue weighted by atomic mass is 32.1. The molecule has 0 aliphatic rings. The molecular formula is C20H22N2O3S. The van der Waals surface area contributed by atoms with Crippen LogP contribution in [0.1, 0.15) is 15.2 Å². The summed E-state index contributed by atoms with van der Waals surface area (Å²) in [6.45, 7) is 0.544. The van der Waals surface area contributed by atoms with Crippen LogP contribution >= 0.6 is 11.3 Å². The minimum atomic E-state index is -0.357. The van der Waals surface area contributed by atoms with Crippen molar-refractivity contribution >= 4 is 33.1 Å². The Morgan fingerprint density at radius 1 is 1.19 bits per heavy atom. The fraction of sp³-hybridized carbons (Fsp3) is 0.250. The second kappa shape index (κ2) is 8.21. The highest BCUT2D eigenvalue weighted by molar-refractivity contribution is 7.21. The van der Waals surface area contributed by atoms with Crippen LogP contribution in [-0.2, 0) is 11.2 Å². The van der Waals surface area contributed by atoms with Crippen molar-refractivity contribution in [3.63, 3.8) is 0 Å². The summed E-state index contributed by atoms with van der Waals surface area (Å²) in [6, 6.07) is 15.8. The number of rotatable bonds is 7. The molecule has 26 heavy (non-hydrogen) atoms. The standard InChI is InChI=1S/C20H22N2O3S/c1-24-15-8-9-17-16(11-15)18(19(26-17)20(23)25-2)22-12-14(21)10-13-6-4-3-5-7-13/h3-9,11,14,22H,10,12,21H2,1-2H3/t14-/m0/s1. The van der Waals surface area contributed by atoms with E-state index in [0.717, 1.165) is 27.9 Å². The molecule has 136 valence electrons. The second-order valence-corrected chi connectivity index (χ2v) is 7.04. The number of thiophene rings is 1. The quantitative estimate of drug-likeness (QED) is 0.621. The van der Waals surface area contributed by atoms with E-state index in [1.807, 2.05) is 36.4 Å². The van der Waals surface area contributed by atoms with E-state index in [1.54, 1.807) is 7.11 Å². The predicted molar refractivity (Wildman–Crippen MR) is 106 cm³/mol. The van der Waals surface area contributed by atoms with Gasteiger partial charge < -0.3 is 20.5 Å². The van der Waals surface area contributed by atoms with Gasteiger partial charge in [0.2, 0.25) is 0 Å². The number of methoxy groups -OCH3 is 2. The maximum absolute atomic E-state index is 12.2. The normalized spacial score (nSPS) is 12.0. The van der Waals surface area contributed by atoms with Crippen molar-refractivity contribution < 1.29 is 14.3 Å². The molecule has 1 heterocycles. The van der Waals surface area contributed by atoms with Gasteiger partial charge in [-0.3, -0.25) is 0 Å². The first-order chi connectivity index (χ1) is 12.6. The number of carbonyl (C=O) groups excluding carboxylic acids is 1. The van der Waals surface area contributed by atoms with Crippen LogP contribution in [0.25, 0.3) is 10.1 Å². The molecule has 0 unspecified atom stereocenters. The molecule has 6 heteroatoms. The van der Waals surface area contributed by atoms with E-state index in [9.17, 15) is 4.79 Å². The van der Waals surface area contributed by atoms with E-state index in [0.29, 0.717) is 11.4 Å². The van der Waals surface area contributed by atoms with Crippen molar-refractivity contribution in [2.45, 2.75) is 12.5 Å². The van der Waals surface area contributed by atoms with Gasteiger partial charge in [-0.1, -0.05) is 30.3 Å². The van der Waals surface area contributed by atoms with Crippen LogP contribution in [0.2, 0.25) is 0 Å². The van der Waals surface area contributed by atoms with Gasteiger partial charge >= 0.3 is 5.97 Å². The summed E-state index contributed by atoms with van der Waals surface area (Å²) in [7, 11) is 3.01. The second-order valence-electron chi connectivity index (χ2n) is 5.99. The van der Waals surface area contributed by atoms with Gasteiger partial charge in [0.25, 0.3) is 0 Å². The lowest BCUT2D eigenvalue weighted by atomic mass is 10.1. The van der Waals surface area contributed by atoms with Crippen molar-refractivity contribution in [2.24, 2.45) is 5.73 Å². The van der Waals surface area contributed by atoms with Gasteiger partial charge in [0.15, 0.2) is 0 Å². The Balaban J connectivity index is 1.83. The topological polar surface area (TPSA) is 73.6 Å². The molecule has 0 aliphatic carbocycles. The molecule has 2 aromatic carbocycles. The van der Waals surface area contributed by atoms with Crippen molar-refractivity contribution in [1.82, 2.24) is 0 Å². The molecule has 1 aromatic heterocycles. The SMILES string of the molecule is COC(=O)c1sc2ccc(OC)cc2c1NC[C@@H](N)Cc1ccccc1. The van der Waals surface area contributed by atoms with E-state index in [4.69, 9.17) is 15.2 Å². The zero-order valence-electron chi connectivity index (χ0n) is 14.8. The minimum absolute atomic E-state index is 0.0801. The zero-order chi connectivity index (χ0) is 18.5. The Kier molecular flexibility index (Phi) is 5.75. The molecule has 0 fully saturated rings. The molecule has 3 rings (SSSR count). The summed E-state index contributed by atoms with van der Waals surface area (Å²) >= 11 is 1.40. The summed E-state index contributed by atoms with van der Waals surface area (Å²) in [5.41, 5.74) is 8.22. The number of hydrogen-bond donors (Lipinski definition) is 2. The van der Waals surface area contributed by atoms with Crippen LogP contribution in [0.15, 0.2) is 48.5 Å². The van der Waals surface area contributed by atoms with Crippen molar-refractivity contribution in [3.8, 4) is 5.75 Å². The summed E-state index contributed by atoms with van der Waals surface area (Å²) in [4.78, 5) is 12.7. The number of hydrogen-bond acceptors (Lipinski definition) is 6. The van der Waals surface area contributed by atoms with Crippen molar-refractivity contribution in [3.05, 3.63) is 59.0 Å². The van der Waals surface area contributed by atoms with E-state index in [-0.39, 0.29) is 12.0 Å². The summed E-state index contributed by atoms with van der Waals surface area (Å²) < 4.78 is 11.2. The maximum atomic E-state index is 12.2. The Morgan fingerprint density at radius 3 is 2.65 bits per heavy atom. The molecule has 3 N–H and O–H groups in total. The zero-order valence-corrected chi connectivity index (χ0v) is 15.6. The van der Waals surface area contributed by atoms with Gasteiger partial charge in [-0.05, 0) is 30.2 Å². The summed E-state index contributed by atoms with van der Waals surface area (Å²) in [5.74, 6) is 0.382. The summed E-state index contributed by atoms with van der Waals surface area (Å²) in [5, 5.41) is 4.28. The molecule has 3 aromatic rings. The Bertz CT molecular complexity index is 893. The van der Waals surface area contributed by atoms with Crippen molar-refractivity contribution in [1.29, 1.82) is 0 Å². The van der Waals surface area contributed by atoms with Crippen LogP contribution in [0.4, 0.5) is 5.69 Å². The van der Waals surface area contributed by atoms with Gasteiger partial charge in [-0.15, -0.1) is 11.3 Å². The number of nitrogens with two attached hydrogens (primary N) is 1. The molecule has 5 nitrogen and oxygen atoms in total. The van der Waals surface area contributed by atoms with Crippen LogP contribution in [-0.4, -0.2) is 32.8 Å². The van der Waals surface area contributed by atoms with E-state index in [2.05, 4.69) is 17.4 Å². The lowest BCUT2D eigenvalue weighted by molar-refractivity contribution is 0.0607. The number of carbonyl (C=O) groups is 1. The molecule has 0 saturated heterocycles. The van der Waals surface area contributed by atoms with Crippen LogP contribution in [0.3, 0.4) is 0 Å². The molecule has 0 radical (unpaired) electrons. The Labute approximate surface area is 156 Å². The molecule has 1 atom stereocenters. The molecule has 0 aliphatic heterocycles. The number of esters is 1. The first kappa shape index (κ1) is 18.2. The highest BCUT2D eigenvalue weighted by Gasteiger charge is 2.20. The average molecular weight is 370 g/mol. The van der Waals surface area contributed by atoms with Crippen LogP contribution < -0.4 is 15.8 Å². The summed E-state index contributed by atoms with van der Waals surface area (Å²) in [6.07, 6.45) is 0.757. The third kappa shape index (κ3) is 3.98. The van der Waals surface area contributed by atoms with E-state index < -0.39 is 0 Å². The smallest absolute Gasteiger partial charge is 0.350 e. The predicted octanol–water partition coefficient (Wildman–Crippen LogP) is 3.68. The van der Waals surface area contributed by atoms with E-state index >= 15 is 0 Å². The lowest BCUT2D eigenvalue weighted by Gasteiger charge is -2.14. The molecular weight excluding hydrogens is 348 g/mol. The third-order valence-corrected chi connectivity index (χ3v) is 5.30. The fourth-order valence-corrected chi connectivity index (χ4v) is 3.92. The highest BCUT2D eigenvalue weighted by Crippen LogP contribution is 2.38. The fourth-order valence-electron chi connectivity index (χ4n) is 2.84. The number of nitrogens with one attached hydrogen (secondary N) is 1. The van der Waals surface area contributed by atoms with Crippen LogP contribution in [0, 0.1) is 0 Å². The molecule has 0 bridgehead atoms. The number of anilines is 1. The lowest BCUT2D eigenvalue weighted by Crippen LogP contribution is -2.31. The van der Waals surface area contributed by atoms with Crippen molar-refractivity contribution in [2.75, 3.05) is 26.1 Å². The molecule has 0 spiro atoms. The average Bonchev–Trinajstić information content (AvgIpc) is 3.04. The Morgan fingerprint density at radius 2 is 1.96 bits per heavy atom. The monoisotopic (exact) mass is 370 g/mol. The molecule has 0 amide bonds. The van der Waals surface area contributed by atoms with Crippen LogP contribution in [0.5, 0.6) is 5.75 Å². The number of benzene rings is 2. The van der Waals surface area contributed by atoms with Gasteiger partial charge in [-0.25, -0.2) is 4.79 Å². The van der Waals surface area contributed by atoms with E-state index in [1.165, 1.54) is 24.0 Å².